The maximum atomic E-state index is 10.7. The van der Waals surface area contributed by atoms with E-state index in [1.807, 2.05) is 37.4 Å². The van der Waals surface area contributed by atoms with Crippen LogP contribution in [0.4, 0.5) is 5.69 Å². The monoisotopic (exact) mass is 406 g/mol. The first kappa shape index (κ1) is 18.9. The van der Waals surface area contributed by atoms with Crippen molar-refractivity contribution in [3.63, 3.8) is 0 Å². The lowest BCUT2D eigenvalue weighted by molar-refractivity contribution is 0.415. The molecule has 0 bridgehead atoms. The first-order chi connectivity index (χ1) is 14.0. The molecule has 4 aromatic rings. The fraction of sp³-hybridized carbons (Fsp3) is 0.182. The van der Waals surface area contributed by atoms with Gasteiger partial charge >= 0.3 is 0 Å². The van der Waals surface area contributed by atoms with Crippen molar-refractivity contribution >= 4 is 39.1 Å². The van der Waals surface area contributed by atoms with E-state index >= 15 is 0 Å². The third-order valence-corrected chi connectivity index (χ3v) is 5.24. The van der Waals surface area contributed by atoms with Gasteiger partial charge in [-0.2, -0.15) is 5.26 Å². The van der Waals surface area contributed by atoms with Crippen LogP contribution in [0.25, 0.3) is 21.8 Å². The largest absolute Gasteiger partial charge is 0.495 e. The van der Waals surface area contributed by atoms with Crippen molar-refractivity contribution in [1.29, 1.82) is 5.26 Å². The number of rotatable bonds is 5. The second kappa shape index (κ2) is 7.53. The summed E-state index contributed by atoms with van der Waals surface area (Å²) in [7, 11) is 1.58. The lowest BCUT2D eigenvalue weighted by atomic mass is 10.1. The molecule has 0 aliphatic heterocycles. The number of aryl methyl sites for hydroxylation is 1. The summed E-state index contributed by atoms with van der Waals surface area (Å²) in [5.41, 5.74) is 3.67. The summed E-state index contributed by atoms with van der Waals surface area (Å²) in [5.74, 6) is 0.762. The highest BCUT2D eigenvalue weighted by Crippen LogP contribution is 2.38. The fourth-order valence-electron chi connectivity index (χ4n) is 3.46. The molecule has 4 rings (SSSR count). The maximum absolute atomic E-state index is 10.7. The highest BCUT2D eigenvalue weighted by atomic mass is 35.5. The third-order valence-electron chi connectivity index (χ3n) is 4.94. The average molecular weight is 407 g/mol. The van der Waals surface area contributed by atoms with E-state index in [0.717, 1.165) is 22.2 Å². The van der Waals surface area contributed by atoms with E-state index in [0.29, 0.717) is 40.3 Å². The van der Waals surface area contributed by atoms with Crippen LogP contribution in [0.15, 0.2) is 42.6 Å². The van der Waals surface area contributed by atoms with E-state index in [1.54, 1.807) is 23.8 Å². The summed E-state index contributed by atoms with van der Waals surface area (Å²) in [6, 6.07) is 13.1. The van der Waals surface area contributed by atoms with E-state index in [4.69, 9.17) is 16.3 Å². The predicted molar refractivity (Wildman–Crippen MR) is 115 cm³/mol. The van der Waals surface area contributed by atoms with Crippen molar-refractivity contribution in [2.75, 3.05) is 12.4 Å². The number of nitrogens with one attached hydrogen (secondary N) is 1. The quantitative estimate of drug-likeness (QED) is 0.484. The third kappa shape index (κ3) is 3.30. The number of aromatic nitrogens is 2. The molecule has 0 saturated carbocycles. The average Bonchev–Trinajstić information content (AvgIpc) is 3.06. The Morgan fingerprint density at radius 3 is 2.76 bits per heavy atom. The zero-order valence-electron chi connectivity index (χ0n) is 16.0. The van der Waals surface area contributed by atoms with Gasteiger partial charge in [0.1, 0.15) is 5.75 Å². The van der Waals surface area contributed by atoms with Crippen LogP contribution < -0.4 is 10.1 Å². The van der Waals surface area contributed by atoms with Crippen molar-refractivity contribution in [2.24, 2.45) is 0 Å². The molecule has 6 nitrogen and oxygen atoms in total. The Labute approximate surface area is 172 Å². The molecule has 2 heterocycles. The highest BCUT2D eigenvalue weighted by Gasteiger charge is 2.17. The van der Waals surface area contributed by atoms with Gasteiger partial charge in [-0.05, 0) is 42.8 Å². The molecule has 29 heavy (non-hydrogen) atoms. The Morgan fingerprint density at radius 2 is 2.07 bits per heavy atom. The highest BCUT2D eigenvalue weighted by molar-refractivity contribution is 6.32. The van der Waals surface area contributed by atoms with Gasteiger partial charge in [0, 0.05) is 24.7 Å². The lowest BCUT2D eigenvalue weighted by Crippen LogP contribution is -2.02. The Hall–Kier alpha value is -3.43. The minimum absolute atomic E-state index is 0.148. The molecule has 0 aliphatic rings. The van der Waals surface area contributed by atoms with Gasteiger partial charge in [-0.25, -0.2) is 4.98 Å². The van der Waals surface area contributed by atoms with E-state index in [9.17, 15) is 10.4 Å². The second-order valence-electron chi connectivity index (χ2n) is 6.65. The van der Waals surface area contributed by atoms with Crippen molar-refractivity contribution in [2.45, 2.75) is 20.0 Å². The van der Waals surface area contributed by atoms with Gasteiger partial charge in [0.25, 0.3) is 0 Å². The molecule has 2 aromatic heterocycles. The molecule has 0 amide bonds. The summed E-state index contributed by atoms with van der Waals surface area (Å²) in [6.07, 6.45) is 1.83. The number of nitrogens with zero attached hydrogens (tertiary/aromatic N) is 3. The molecule has 0 aliphatic carbocycles. The minimum Gasteiger partial charge on any atom is -0.495 e. The van der Waals surface area contributed by atoms with Crippen molar-refractivity contribution in [3.8, 4) is 17.7 Å². The van der Waals surface area contributed by atoms with Gasteiger partial charge < -0.3 is 19.7 Å². The normalized spacial score (nSPS) is 11.0. The number of nitriles is 1. The number of hydrogen-bond acceptors (Lipinski definition) is 5. The van der Waals surface area contributed by atoms with Crippen LogP contribution in [0.2, 0.25) is 5.02 Å². The number of halogens is 1. The number of ether oxygens (including phenoxy) is 1. The van der Waals surface area contributed by atoms with Crippen LogP contribution in [-0.2, 0) is 13.1 Å². The van der Waals surface area contributed by atoms with Gasteiger partial charge in [-0.15, -0.1) is 0 Å². The molecular weight excluding hydrogens is 388 g/mol. The van der Waals surface area contributed by atoms with Gasteiger partial charge in [-0.1, -0.05) is 17.7 Å². The van der Waals surface area contributed by atoms with Crippen molar-refractivity contribution in [1.82, 2.24) is 9.55 Å². The Kier molecular flexibility index (Phi) is 4.91. The van der Waals surface area contributed by atoms with Gasteiger partial charge in [0.2, 0.25) is 5.88 Å². The van der Waals surface area contributed by atoms with Crippen LogP contribution >= 0.6 is 11.6 Å². The first-order valence-electron chi connectivity index (χ1n) is 9.17. The first-order valence-corrected chi connectivity index (χ1v) is 9.55. The van der Waals surface area contributed by atoms with E-state index in [2.05, 4.69) is 16.4 Å². The Morgan fingerprint density at radius 1 is 1.24 bits per heavy atom. The number of benzene rings is 2. The number of methoxy groups -OCH3 is 1. The van der Waals surface area contributed by atoms with E-state index < -0.39 is 0 Å². The van der Waals surface area contributed by atoms with Crippen LogP contribution in [0, 0.1) is 11.3 Å². The molecule has 2 N–H and O–H groups in total. The van der Waals surface area contributed by atoms with Gasteiger partial charge in [-0.3, -0.25) is 0 Å². The predicted octanol–water partition coefficient (Wildman–Crippen LogP) is 5.06. The van der Waals surface area contributed by atoms with Crippen LogP contribution in [-0.4, -0.2) is 21.8 Å². The molecule has 0 atom stereocenters. The Bertz CT molecular complexity index is 1270. The van der Waals surface area contributed by atoms with E-state index in [-0.39, 0.29) is 5.88 Å². The van der Waals surface area contributed by atoms with Crippen LogP contribution in [0.1, 0.15) is 18.1 Å². The molecule has 0 radical (unpaired) electrons. The van der Waals surface area contributed by atoms with Gasteiger partial charge in [0.05, 0.1) is 45.9 Å². The standard InChI is InChI=1S/C22H19ClN4O2/c1-3-27-12-18-20(22(27)28)21(15-8-13(10-24)4-6-17(15)26-18)25-11-14-5-7-19(29-2)16(23)9-14/h4-9,12,25,28H,3,11H2,1-2H3. The Balaban J connectivity index is 1.86. The van der Waals surface area contributed by atoms with Crippen molar-refractivity contribution < 1.29 is 9.84 Å². The smallest absolute Gasteiger partial charge is 0.202 e. The molecule has 0 unspecified atom stereocenters. The number of aromatic hydroxyl groups is 1. The summed E-state index contributed by atoms with van der Waals surface area (Å²) in [4.78, 5) is 4.67. The molecule has 0 fully saturated rings. The van der Waals surface area contributed by atoms with Crippen molar-refractivity contribution in [3.05, 3.63) is 58.7 Å². The zero-order chi connectivity index (χ0) is 20.5. The lowest BCUT2D eigenvalue weighted by Gasteiger charge is -2.13. The second-order valence-corrected chi connectivity index (χ2v) is 7.06. The van der Waals surface area contributed by atoms with Gasteiger partial charge in [0.15, 0.2) is 0 Å². The topological polar surface area (TPSA) is 83.1 Å². The molecule has 0 saturated heterocycles. The molecular formula is C22H19ClN4O2. The molecule has 7 heteroatoms. The SMILES string of the molecule is CCn1cc2nc3ccc(C#N)cc3c(NCc3ccc(OC)c(Cl)c3)c2c1O. The number of hydrogen-bond donors (Lipinski definition) is 2. The summed E-state index contributed by atoms with van der Waals surface area (Å²) < 4.78 is 6.95. The minimum atomic E-state index is 0.148. The summed E-state index contributed by atoms with van der Waals surface area (Å²) >= 11 is 6.25. The summed E-state index contributed by atoms with van der Waals surface area (Å²) in [6.45, 7) is 3.06. The van der Waals surface area contributed by atoms with E-state index in [1.165, 1.54) is 0 Å². The van der Waals surface area contributed by atoms with Crippen LogP contribution in [0.5, 0.6) is 11.6 Å². The molecule has 0 spiro atoms. The maximum Gasteiger partial charge on any atom is 0.202 e. The van der Waals surface area contributed by atoms with Crippen LogP contribution in [0.3, 0.4) is 0 Å². The number of pyridine rings is 1. The number of fused-ring (bicyclic) bond motifs is 2. The summed E-state index contributed by atoms with van der Waals surface area (Å²) in [5, 5.41) is 25.4. The fourth-order valence-corrected chi connectivity index (χ4v) is 3.74. The zero-order valence-corrected chi connectivity index (χ0v) is 16.8. The molecule has 146 valence electrons. The molecule has 2 aromatic carbocycles. The number of anilines is 1.